The van der Waals surface area contributed by atoms with Crippen LogP contribution in [0.3, 0.4) is 0 Å². The second kappa shape index (κ2) is 7.67. The van der Waals surface area contributed by atoms with Crippen LogP contribution in [0.25, 0.3) is 0 Å². The molecule has 1 aromatic rings. The number of carbonyl (C=O) groups is 1. The molecule has 1 aromatic carbocycles. The molecular formula is C14H21BNO4P. The zero-order chi connectivity index (χ0) is 16.0. The number of carbonyl (C=O) groups excluding carboxylic acids is 1. The zero-order valence-corrected chi connectivity index (χ0v) is 13.7. The lowest BCUT2D eigenvalue weighted by atomic mass is 9.97. The number of ether oxygens (including phenoxy) is 1. The molecule has 0 aliphatic heterocycles. The van der Waals surface area contributed by atoms with Gasteiger partial charge in [0.15, 0.2) is 0 Å². The van der Waals surface area contributed by atoms with Crippen LogP contribution in [0, 0.1) is 0 Å². The monoisotopic (exact) mass is 309 g/mol. The van der Waals surface area contributed by atoms with Crippen molar-refractivity contribution in [1.29, 1.82) is 0 Å². The fourth-order valence-corrected chi connectivity index (χ4v) is 3.72. The fourth-order valence-electron chi connectivity index (χ4n) is 1.67. The van der Waals surface area contributed by atoms with Crippen molar-refractivity contribution in [2.45, 2.75) is 38.9 Å². The van der Waals surface area contributed by atoms with E-state index < -0.39 is 19.5 Å². The number of benzene rings is 1. The molecule has 114 valence electrons. The molecule has 2 radical (unpaired) electrons. The van der Waals surface area contributed by atoms with Crippen molar-refractivity contribution in [2.75, 3.05) is 7.11 Å². The Balaban J connectivity index is 2.95. The van der Waals surface area contributed by atoms with E-state index in [9.17, 15) is 9.36 Å². The van der Waals surface area contributed by atoms with E-state index in [-0.39, 0.29) is 5.66 Å². The summed E-state index contributed by atoms with van der Waals surface area (Å²) in [6, 6.07) is 5.91. The SMILES string of the molecule is [B]c1ccc(OP(=O)(NC(C)C(=O)OC)C(C)CC)cc1. The summed E-state index contributed by atoms with van der Waals surface area (Å²) < 4.78 is 23.4. The molecule has 1 rings (SSSR count). The Labute approximate surface area is 127 Å². The summed E-state index contributed by atoms with van der Waals surface area (Å²) >= 11 is 0. The van der Waals surface area contributed by atoms with Gasteiger partial charge in [0, 0.05) is 0 Å². The van der Waals surface area contributed by atoms with Gasteiger partial charge in [0.1, 0.15) is 19.6 Å². The van der Waals surface area contributed by atoms with Gasteiger partial charge in [0.2, 0.25) is 0 Å². The molecule has 0 amide bonds. The highest BCUT2D eigenvalue weighted by molar-refractivity contribution is 7.58. The third kappa shape index (κ3) is 4.90. The topological polar surface area (TPSA) is 64.6 Å². The van der Waals surface area contributed by atoms with Crippen molar-refractivity contribution in [3.63, 3.8) is 0 Å². The Hall–Kier alpha value is -1.26. The molecule has 5 nitrogen and oxygen atoms in total. The second-order valence-corrected chi connectivity index (χ2v) is 7.40. The second-order valence-electron chi connectivity index (χ2n) is 4.89. The van der Waals surface area contributed by atoms with Crippen LogP contribution in [0.4, 0.5) is 0 Å². The number of nitrogens with one attached hydrogen (secondary N) is 1. The van der Waals surface area contributed by atoms with Gasteiger partial charge in [-0.2, -0.15) is 0 Å². The number of hydrogen-bond acceptors (Lipinski definition) is 4. The maximum absolute atomic E-state index is 13.1. The van der Waals surface area contributed by atoms with Gasteiger partial charge in [-0.25, -0.2) is 5.09 Å². The molecule has 0 bridgehead atoms. The first-order valence-electron chi connectivity index (χ1n) is 6.83. The Bertz CT molecular complexity index is 520. The van der Waals surface area contributed by atoms with E-state index in [0.29, 0.717) is 17.6 Å². The Morgan fingerprint density at radius 1 is 1.33 bits per heavy atom. The number of esters is 1. The van der Waals surface area contributed by atoms with Crippen molar-refractivity contribution >= 4 is 26.8 Å². The highest BCUT2D eigenvalue weighted by Crippen LogP contribution is 2.49. The highest BCUT2D eigenvalue weighted by atomic mass is 31.2. The standard InChI is InChI=1S/C14H21BNO4P/c1-5-10(2)21(18,16-11(3)14(17)19-4)20-13-8-6-12(15)7-9-13/h6-11H,5H2,1-4H3,(H,16,18). The van der Waals surface area contributed by atoms with E-state index in [0.717, 1.165) is 0 Å². The number of rotatable bonds is 7. The molecule has 0 saturated heterocycles. The molecule has 21 heavy (non-hydrogen) atoms. The molecule has 7 heteroatoms. The van der Waals surface area contributed by atoms with Gasteiger partial charge in [-0.3, -0.25) is 9.36 Å². The van der Waals surface area contributed by atoms with Gasteiger partial charge >= 0.3 is 13.5 Å². The lowest BCUT2D eigenvalue weighted by molar-refractivity contribution is -0.142. The summed E-state index contributed by atoms with van der Waals surface area (Å²) in [6.45, 7) is 5.32. The summed E-state index contributed by atoms with van der Waals surface area (Å²) in [6.07, 6.45) is 0.646. The minimum Gasteiger partial charge on any atom is -0.468 e. The first kappa shape index (κ1) is 17.8. The normalized spacial score (nSPS) is 16.6. The number of hydrogen-bond donors (Lipinski definition) is 1. The third-order valence-electron chi connectivity index (χ3n) is 3.22. The third-order valence-corrected chi connectivity index (χ3v) is 5.98. The van der Waals surface area contributed by atoms with E-state index >= 15 is 0 Å². The van der Waals surface area contributed by atoms with Gasteiger partial charge in [-0.05, 0) is 25.5 Å². The van der Waals surface area contributed by atoms with Crippen LogP contribution in [-0.4, -0.2) is 32.6 Å². The van der Waals surface area contributed by atoms with Crippen molar-refractivity contribution in [3.05, 3.63) is 24.3 Å². The van der Waals surface area contributed by atoms with Gasteiger partial charge < -0.3 is 9.26 Å². The minimum absolute atomic E-state index is 0.248. The predicted molar refractivity (Wildman–Crippen MR) is 84.4 cm³/mol. The quantitative estimate of drug-likeness (QED) is 0.474. The minimum atomic E-state index is -3.26. The van der Waals surface area contributed by atoms with E-state index in [1.165, 1.54) is 7.11 Å². The molecule has 0 aromatic heterocycles. The average molecular weight is 309 g/mol. The number of methoxy groups -OCH3 is 1. The van der Waals surface area contributed by atoms with Crippen molar-refractivity contribution in [3.8, 4) is 5.75 Å². The fraction of sp³-hybridized carbons (Fsp3) is 0.500. The van der Waals surface area contributed by atoms with Gasteiger partial charge in [0.25, 0.3) is 0 Å². The van der Waals surface area contributed by atoms with Gasteiger partial charge in [-0.15, -0.1) is 0 Å². The van der Waals surface area contributed by atoms with Gasteiger partial charge in [-0.1, -0.05) is 31.4 Å². The molecule has 0 saturated carbocycles. The smallest absolute Gasteiger partial charge is 0.323 e. The van der Waals surface area contributed by atoms with Crippen LogP contribution in [0.2, 0.25) is 0 Å². The predicted octanol–water partition coefficient (Wildman–Crippen LogP) is 2.00. The molecule has 0 heterocycles. The van der Waals surface area contributed by atoms with Crippen LogP contribution >= 0.6 is 7.52 Å². The Morgan fingerprint density at radius 2 is 1.90 bits per heavy atom. The zero-order valence-electron chi connectivity index (χ0n) is 12.8. The highest BCUT2D eigenvalue weighted by Gasteiger charge is 2.35. The molecule has 3 unspecified atom stereocenters. The summed E-state index contributed by atoms with van der Waals surface area (Å²) in [5.41, 5.74) is 0.346. The summed E-state index contributed by atoms with van der Waals surface area (Å²) in [5.74, 6) is -0.0446. The van der Waals surface area contributed by atoms with Crippen LogP contribution in [0.5, 0.6) is 5.75 Å². The largest absolute Gasteiger partial charge is 0.468 e. The van der Waals surface area contributed by atoms with E-state index in [1.807, 2.05) is 13.8 Å². The average Bonchev–Trinajstić information content (AvgIpc) is 2.47. The maximum atomic E-state index is 13.1. The van der Waals surface area contributed by atoms with E-state index in [4.69, 9.17) is 12.4 Å². The lowest BCUT2D eigenvalue weighted by Crippen LogP contribution is -2.36. The summed E-state index contributed by atoms with van der Waals surface area (Å²) in [7, 11) is 3.64. The first-order valence-corrected chi connectivity index (χ1v) is 8.52. The first-order chi connectivity index (χ1) is 9.82. The Morgan fingerprint density at radius 3 is 2.38 bits per heavy atom. The Kier molecular flexibility index (Phi) is 6.50. The molecule has 0 aliphatic rings. The van der Waals surface area contributed by atoms with Crippen molar-refractivity contribution in [2.24, 2.45) is 0 Å². The van der Waals surface area contributed by atoms with Crippen LogP contribution in [0.1, 0.15) is 27.2 Å². The van der Waals surface area contributed by atoms with Crippen molar-refractivity contribution in [1.82, 2.24) is 5.09 Å². The lowest BCUT2D eigenvalue weighted by Gasteiger charge is -2.27. The molecule has 1 N–H and O–H groups in total. The van der Waals surface area contributed by atoms with Gasteiger partial charge in [0.05, 0.1) is 12.8 Å². The summed E-state index contributed by atoms with van der Waals surface area (Å²) in [4.78, 5) is 11.5. The molecule has 0 fully saturated rings. The maximum Gasteiger partial charge on any atom is 0.323 e. The van der Waals surface area contributed by atoms with Crippen LogP contribution in [0.15, 0.2) is 24.3 Å². The van der Waals surface area contributed by atoms with Crippen LogP contribution in [-0.2, 0) is 14.1 Å². The van der Waals surface area contributed by atoms with E-state index in [1.54, 1.807) is 31.2 Å². The summed E-state index contributed by atoms with van der Waals surface area (Å²) in [5, 5.41) is 2.79. The molecule has 0 spiro atoms. The van der Waals surface area contributed by atoms with Crippen molar-refractivity contribution < 1.29 is 18.6 Å². The van der Waals surface area contributed by atoms with Crippen LogP contribution < -0.4 is 15.1 Å². The molecular weight excluding hydrogens is 288 g/mol. The molecule has 3 atom stereocenters. The van der Waals surface area contributed by atoms with E-state index in [2.05, 4.69) is 9.82 Å². The molecule has 0 aliphatic carbocycles.